The average molecular weight is 292 g/mol. The number of carbonyl (C=O) groups excluding carboxylic acids is 1. The molecule has 0 aliphatic carbocycles. The van der Waals surface area contributed by atoms with Gasteiger partial charge in [-0.1, -0.05) is 27.7 Å². The Bertz CT molecular complexity index is 400. The number of nitrogens with one attached hydrogen (secondary N) is 2. The first-order valence-corrected chi connectivity index (χ1v) is 8.41. The Morgan fingerprint density at radius 2 is 1.42 bits per heavy atom. The van der Waals surface area contributed by atoms with Gasteiger partial charge < -0.3 is 5.32 Å². The van der Waals surface area contributed by atoms with Crippen molar-refractivity contribution in [3.05, 3.63) is 0 Å². The third-order valence-corrected chi connectivity index (χ3v) is 3.78. The smallest absolute Gasteiger partial charge is 0.216 e. The summed E-state index contributed by atoms with van der Waals surface area (Å²) in [5.74, 6) is -0.0221. The molecule has 0 aliphatic heterocycles. The van der Waals surface area contributed by atoms with E-state index in [1.54, 1.807) is 0 Å². The maximum atomic E-state index is 11.1. The highest BCUT2D eigenvalue weighted by atomic mass is 32.2. The zero-order chi connectivity index (χ0) is 15.3. The molecule has 0 aliphatic rings. The summed E-state index contributed by atoms with van der Waals surface area (Å²) in [6.45, 7) is 10.9. The summed E-state index contributed by atoms with van der Waals surface area (Å²) in [6.07, 6.45) is 2.98. The molecule has 0 rings (SSSR count). The van der Waals surface area contributed by atoms with Gasteiger partial charge in [0, 0.05) is 20.0 Å². The van der Waals surface area contributed by atoms with Crippen LogP contribution in [-0.4, -0.2) is 33.7 Å². The maximum absolute atomic E-state index is 11.1. The summed E-state index contributed by atoms with van der Waals surface area (Å²) in [6, 6.07) is 0. The van der Waals surface area contributed by atoms with Crippen LogP contribution in [-0.2, 0) is 14.8 Å². The van der Waals surface area contributed by atoms with E-state index >= 15 is 0 Å². The van der Waals surface area contributed by atoms with E-state index in [1.165, 1.54) is 13.2 Å². The number of rotatable bonds is 8. The largest absolute Gasteiger partial charge is 0.356 e. The lowest BCUT2D eigenvalue weighted by molar-refractivity contribution is -0.119. The summed E-state index contributed by atoms with van der Waals surface area (Å²) in [7, 11) is -3.14. The Kier molecular flexibility index (Phi) is 6.48. The lowest BCUT2D eigenvalue weighted by Gasteiger charge is -2.31. The van der Waals surface area contributed by atoms with Gasteiger partial charge in [-0.3, -0.25) is 4.79 Å². The highest BCUT2D eigenvalue weighted by Gasteiger charge is 2.25. The van der Waals surface area contributed by atoms with Gasteiger partial charge >= 0.3 is 0 Å². The fourth-order valence-electron chi connectivity index (χ4n) is 1.54. The van der Waals surface area contributed by atoms with E-state index in [9.17, 15) is 13.2 Å². The molecule has 0 bridgehead atoms. The average Bonchev–Trinajstić information content (AvgIpc) is 2.21. The van der Waals surface area contributed by atoms with Crippen molar-refractivity contribution in [2.45, 2.75) is 47.5 Å². The fraction of sp³-hybridized carbons (Fsp3) is 0.923. The van der Waals surface area contributed by atoms with Gasteiger partial charge in [0.25, 0.3) is 0 Å². The minimum absolute atomic E-state index is 0.00797. The third kappa shape index (κ3) is 10.9. The molecule has 0 fully saturated rings. The van der Waals surface area contributed by atoms with Gasteiger partial charge in [0.05, 0.1) is 6.26 Å². The van der Waals surface area contributed by atoms with E-state index in [2.05, 4.69) is 23.9 Å². The molecule has 0 aromatic heterocycles. The summed E-state index contributed by atoms with van der Waals surface area (Å²) in [5, 5.41) is 2.83. The molecule has 2 N–H and O–H groups in total. The van der Waals surface area contributed by atoms with Crippen LogP contribution < -0.4 is 10.0 Å². The monoisotopic (exact) mass is 292 g/mol. The van der Waals surface area contributed by atoms with Gasteiger partial charge in [-0.25, -0.2) is 13.1 Å². The predicted molar refractivity (Wildman–Crippen MR) is 78.3 cm³/mol. The SMILES string of the molecule is CC(=O)NCC(C)(C)CCC(C)(C)CNS(C)(=O)=O. The first kappa shape index (κ1) is 18.4. The van der Waals surface area contributed by atoms with Gasteiger partial charge in [-0.2, -0.15) is 0 Å². The standard InChI is InChI=1S/C13H28N2O3S/c1-11(16)14-9-12(2,3)7-8-13(4,5)10-15-19(6,17)18/h15H,7-10H2,1-6H3,(H,14,16). The van der Waals surface area contributed by atoms with Crippen LogP contribution in [0.15, 0.2) is 0 Å². The zero-order valence-corrected chi connectivity index (χ0v) is 13.8. The van der Waals surface area contributed by atoms with Crippen LogP contribution in [0.1, 0.15) is 47.5 Å². The Morgan fingerprint density at radius 3 is 1.79 bits per heavy atom. The minimum atomic E-state index is -3.14. The van der Waals surface area contributed by atoms with E-state index in [0.717, 1.165) is 12.8 Å². The summed E-state index contributed by atoms with van der Waals surface area (Å²) in [5.41, 5.74) is -0.0927. The first-order valence-electron chi connectivity index (χ1n) is 6.52. The van der Waals surface area contributed by atoms with Crippen molar-refractivity contribution in [3.8, 4) is 0 Å². The lowest BCUT2D eigenvalue weighted by Crippen LogP contribution is -2.36. The van der Waals surface area contributed by atoms with Crippen LogP contribution in [0.3, 0.4) is 0 Å². The molecule has 0 aromatic rings. The van der Waals surface area contributed by atoms with Crippen LogP contribution in [0.2, 0.25) is 0 Å². The second-order valence-electron chi connectivity index (χ2n) is 6.83. The summed E-state index contributed by atoms with van der Waals surface area (Å²) < 4.78 is 24.7. The van der Waals surface area contributed by atoms with Crippen LogP contribution in [0, 0.1) is 10.8 Å². The molecule has 0 radical (unpaired) electrons. The molecule has 0 aromatic carbocycles. The fourth-order valence-corrected chi connectivity index (χ4v) is 2.20. The third-order valence-electron chi connectivity index (χ3n) is 3.11. The highest BCUT2D eigenvalue weighted by molar-refractivity contribution is 7.88. The Morgan fingerprint density at radius 1 is 1.00 bits per heavy atom. The Hall–Kier alpha value is -0.620. The first-order chi connectivity index (χ1) is 8.33. The molecule has 0 saturated heterocycles. The molecular weight excluding hydrogens is 264 g/mol. The molecule has 0 atom stereocenters. The summed E-state index contributed by atoms with van der Waals surface area (Å²) in [4.78, 5) is 10.9. The molecule has 0 spiro atoms. The molecule has 1 amide bonds. The maximum Gasteiger partial charge on any atom is 0.216 e. The van der Waals surface area contributed by atoms with E-state index < -0.39 is 10.0 Å². The van der Waals surface area contributed by atoms with Gasteiger partial charge in [0.1, 0.15) is 0 Å². The molecule has 0 saturated carbocycles. The van der Waals surface area contributed by atoms with Crippen LogP contribution in [0.25, 0.3) is 0 Å². The second kappa shape index (κ2) is 6.70. The number of carbonyl (C=O) groups is 1. The van der Waals surface area contributed by atoms with Gasteiger partial charge in [0.2, 0.25) is 15.9 Å². The number of sulfonamides is 1. The highest BCUT2D eigenvalue weighted by Crippen LogP contribution is 2.30. The van der Waals surface area contributed by atoms with Crippen molar-refractivity contribution in [3.63, 3.8) is 0 Å². The van der Waals surface area contributed by atoms with Gasteiger partial charge in [0.15, 0.2) is 0 Å². The Balaban J connectivity index is 4.24. The zero-order valence-electron chi connectivity index (χ0n) is 13.0. The number of hydrogen-bond acceptors (Lipinski definition) is 3. The van der Waals surface area contributed by atoms with Crippen molar-refractivity contribution in [1.82, 2.24) is 10.0 Å². The van der Waals surface area contributed by atoms with Crippen molar-refractivity contribution in [2.24, 2.45) is 10.8 Å². The van der Waals surface area contributed by atoms with Crippen molar-refractivity contribution in [1.29, 1.82) is 0 Å². The second-order valence-corrected chi connectivity index (χ2v) is 8.66. The molecule has 19 heavy (non-hydrogen) atoms. The number of amides is 1. The van der Waals surface area contributed by atoms with E-state index in [0.29, 0.717) is 13.1 Å². The predicted octanol–water partition coefficient (Wildman–Crippen LogP) is 1.50. The quantitative estimate of drug-likeness (QED) is 0.712. The molecule has 5 nitrogen and oxygen atoms in total. The molecule has 6 heteroatoms. The number of hydrogen-bond donors (Lipinski definition) is 2. The molecular formula is C13H28N2O3S. The van der Waals surface area contributed by atoms with E-state index in [4.69, 9.17) is 0 Å². The normalized spacial score (nSPS) is 13.4. The lowest BCUT2D eigenvalue weighted by atomic mass is 9.79. The topological polar surface area (TPSA) is 75.3 Å². The van der Waals surface area contributed by atoms with E-state index in [1.807, 2.05) is 13.8 Å². The molecule has 0 unspecified atom stereocenters. The van der Waals surface area contributed by atoms with E-state index in [-0.39, 0.29) is 16.7 Å². The van der Waals surface area contributed by atoms with Crippen molar-refractivity contribution >= 4 is 15.9 Å². The van der Waals surface area contributed by atoms with Crippen LogP contribution in [0.5, 0.6) is 0 Å². The Labute approximate surface area is 117 Å². The van der Waals surface area contributed by atoms with Crippen LogP contribution in [0.4, 0.5) is 0 Å². The minimum Gasteiger partial charge on any atom is -0.356 e. The van der Waals surface area contributed by atoms with Crippen molar-refractivity contribution in [2.75, 3.05) is 19.3 Å². The van der Waals surface area contributed by atoms with Gasteiger partial charge in [-0.05, 0) is 23.7 Å². The summed E-state index contributed by atoms with van der Waals surface area (Å²) >= 11 is 0. The molecule has 0 heterocycles. The van der Waals surface area contributed by atoms with Gasteiger partial charge in [-0.15, -0.1) is 0 Å². The van der Waals surface area contributed by atoms with Crippen LogP contribution >= 0.6 is 0 Å². The van der Waals surface area contributed by atoms with Crippen molar-refractivity contribution < 1.29 is 13.2 Å². The molecule has 114 valence electrons.